The third-order valence-corrected chi connectivity index (χ3v) is 2.74. The molecule has 0 unspecified atom stereocenters. The number of hydrogen-bond donors (Lipinski definition) is 0. The van der Waals surface area contributed by atoms with Gasteiger partial charge in [-0.1, -0.05) is 6.07 Å². The Balaban J connectivity index is 2.61. The number of methoxy groups -OCH3 is 1. The summed E-state index contributed by atoms with van der Waals surface area (Å²) in [5, 5.41) is 0. The molecule has 0 amide bonds. The fourth-order valence-corrected chi connectivity index (χ4v) is 1.81. The molecule has 0 saturated heterocycles. The average molecular weight is 281 g/mol. The van der Waals surface area contributed by atoms with E-state index in [0.29, 0.717) is 5.56 Å². The number of hydrogen-bond acceptors (Lipinski definition) is 3. The summed E-state index contributed by atoms with van der Waals surface area (Å²) in [5.41, 5.74) is -0.652. The van der Waals surface area contributed by atoms with Crippen molar-refractivity contribution in [1.82, 2.24) is 4.98 Å². The van der Waals surface area contributed by atoms with Crippen molar-refractivity contribution in [1.29, 1.82) is 0 Å². The van der Waals surface area contributed by atoms with Gasteiger partial charge in [-0.2, -0.15) is 13.2 Å². The zero-order chi connectivity index (χ0) is 14.8. The number of alkyl halides is 3. The van der Waals surface area contributed by atoms with Crippen molar-refractivity contribution in [3.8, 4) is 11.1 Å². The van der Waals surface area contributed by atoms with Gasteiger partial charge in [0.05, 0.1) is 18.2 Å². The maximum Gasteiger partial charge on any atom is 0.417 e. The second-order valence-corrected chi connectivity index (χ2v) is 3.99. The van der Waals surface area contributed by atoms with Gasteiger partial charge in [0.25, 0.3) is 0 Å². The minimum Gasteiger partial charge on any atom is -0.465 e. The lowest BCUT2D eigenvalue weighted by atomic mass is 9.98. The first-order chi connectivity index (χ1) is 9.43. The van der Waals surface area contributed by atoms with Crippen LogP contribution in [0.15, 0.2) is 42.7 Å². The van der Waals surface area contributed by atoms with Crippen molar-refractivity contribution in [3.63, 3.8) is 0 Å². The molecular weight excluding hydrogens is 271 g/mol. The molecule has 0 aliphatic carbocycles. The molecule has 0 aliphatic heterocycles. The number of esters is 1. The van der Waals surface area contributed by atoms with Crippen LogP contribution in [0.25, 0.3) is 11.1 Å². The summed E-state index contributed by atoms with van der Waals surface area (Å²) in [6, 6.07) is 6.30. The van der Waals surface area contributed by atoms with Crippen LogP contribution >= 0.6 is 0 Å². The summed E-state index contributed by atoms with van der Waals surface area (Å²) >= 11 is 0. The molecule has 0 radical (unpaired) electrons. The molecule has 0 aliphatic rings. The lowest BCUT2D eigenvalue weighted by Crippen LogP contribution is -2.10. The van der Waals surface area contributed by atoms with Crippen molar-refractivity contribution in [3.05, 3.63) is 53.9 Å². The van der Waals surface area contributed by atoms with E-state index < -0.39 is 17.7 Å². The summed E-state index contributed by atoms with van der Waals surface area (Å²) in [6.45, 7) is 0. The van der Waals surface area contributed by atoms with E-state index in [1.54, 1.807) is 0 Å². The molecule has 1 aromatic heterocycles. The highest BCUT2D eigenvalue weighted by molar-refractivity contribution is 5.90. The smallest absolute Gasteiger partial charge is 0.417 e. The highest BCUT2D eigenvalue weighted by atomic mass is 19.4. The van der Waals surface area contributed by atoms with E-state index >= 15 is 0 Å². The molecule has 3 nitrogen and oxygen atoms in total. The number of aromatic nitrogens is 1. The first kappa shape index (κ1) is 14.0. The molecule has 104 valence electrons. The summed E-state index contributed by atoms with van der Waals surface area (Å²) in [7, 11) is 1.12. The van der Waals surface area contributed by atoms with Crippen LogP contribution in [0.5, 0.6) is 0 Å². The monoisotopic (exact) mass is 281 g/mol. The van der Waals surface area contributed by atoms with Crippen LogP contribution in [0.1, 0.15) is 15.9 Å². The lowest BCUT2D eigenvalue weighted by molar-refractivity contribution is -0.137. The molecule has 1 heterocycles. The number of halogens is 3. The Morgan fingerprint density at radius 1 is 1.15 bits per heavy atom. The van der Waals surface area contributed by atoms with Gasteiger partial charge >= 0.3 is 12.1 Å². The molecule has 6 heteroatoms. The van der Waals surface area contributed by atoms with Gasteiger partial charge in [0, 0.05) is 12.4 Å². The highest BCUT2D eigenvalue weighted by Crippen LogP contribution is 2.37. The minimum atomic E-state index is -4.57. The summed E-state index contributed by atoms with van der Waals surface area (Å²) in [6.07, 6.45) is -1.75. The Labute approximate surface area is 113 Å². The maximum absolute atomic E-state index is 13.1. The van der Waals surface area contributed by atoms with E-state index in [2.05, 4.69) is 9.72 Å². The molecule has 0 saturated carbocycles. The van der Waals surface area contributed by atoms with Gasteiger partial charge in [-0.15, -0.1) is 0 Å². The Morgan fingerprint density at radius 2 is 1.80 bits per heavy atom. The molecule has 0 atom stereocenters. The topological polar surface area (TPSA) is 39.2 Å². The van der Waals surface area contributed by atoms with Gasteiger partial charge < -0.3 is 4.74 Å². The quantitative estimate of drug-likeness (QED) is 0.790. The van der Waals surface area contributed by atoms with Crippen LogP contribution < -0.4 is 0 Å². The normalized spacial score (nSPS) is 11.2. The zero-order valence-electron chi connectivity index (χ0n) is 10.4. The molecule has 0 fully saturated rings. The summed E-state index contributed by atoms with van der Waals surface area (Å²) in [5.74, 6) is -0.809. The maximum atomic E-state index is 13.1. The van der Waals surface area contributed by atoms with Crippen LogP contribution in [0, 0.1) is 0 Å². The fraction of sp³-hybridized carbons (Fsp3) is 0.143. The van der Waals surface area contributed by atoms with E-state index in [9.17, 15) is 18.0 Å². The van der Waals surface area contributed by atoms with Gasteiger partial charge in [-0.05, 0) is 35.4 Å². The highest BCUT2D eigenvalue weighted by Gasteiger charge is 2.34. The Hall–Kier alpha value is -2.37. The predicted octanol–water partition coefficient (Wildman–Crippen LogP) is 3.55. The van der Waals surface area contributed by atoms with E-state index in [1.165, 1.54) is 36.7 Å². The summed E-state index contributed by atoms with van der Waals surface area (Å²) in [4.78, 5) is 15.1. The first-order valence-electron chi connectivity index (χ1n) is 5.63. The van der Waals surface area contributed by atoms with Gasteiger partial charge in [0.15, 0.2) is 0 Å². The molecule has 0 bridgehead atoms. The van der Waals surface area contributed by atoms with E-state index in [0.717, 1.165) is 13.2 Å². The standard InChI is InChI=1S/C14H10F3NO2/c1-20-13(19)10-2-3-11(9-4-6-18-7-5-9)12(8-10)14(15,16)17/h2-8H,1H3. The van der Waals surface area contributed by atoms with Crippen molar-refractivity contribution >= 4 is 5.97 Å². The molecule has 2 rings (SSSR count). The third-order valence-electron chi connectivity index (χ3n) is 2.74. The van der Waals surface area contributed by atoms with Gasteiger partial charge in [-0.25, -0.2) is 4.79 Å². The van der Waals surface area contributed by atoms with E-state index in [1.807, 2.05) is 0 Å². The summed E-state index contributed by atoms with van der Waals surface area (Å²) < 4.78 is 43.8. The minimum absolute atomic E-state index is 0.00690. The number of ether oxygens (including phenoxy) is 1. The first-order valence-corrected chi connectivity index (χ1v) is 5.63. The van der Waals surface area contributed by atoms with Gasteiger partial charge in [0.1, 0.15) is 0 Å². The largest absolute Gasteiger partial charge is 0.465 e. The number of benzene rings is 1. The Morgan fingerprint density at radius 3 is 2.35 bits per heavy atom. The third kappa shape index (κ3) is 2.79. The van der Waals surface area contributed by atoms with Crippen molar-refractivity contribution in [2.75, 3.05) is 7.11 Å². The Bertz CT molecular complexity index is 624. The molecule has 1 aromatic carbocycles. The molecule has 0 N–H and O–H groups in total. The second-order valence-electron chi connectivity index (χ2n) is 3.99. The van der Waals surface area contributed by atoms with Crippen LogP contribution in [-0.4, -0.2) is 18.1 Å². The Kier molecular flexibility index (Phi) is 3.74. The predicted molar refractivity (Wildman–Crippen MR) is 66.0 cm³/mol. The van der Waals surface area contributed by atoms with Gasteiger partial charge in [-0.3, -0.25) is 4.98 Å². The zero-order valence-corrected chi connectivity index (χ0v) is 10.4. The van der Waals surface area contributed by atoms with Crippen LogP contribution in [-0.2, 0) is 10.9 Å². The molecule has 2 aromatic rings. The fourth-order valence-electron chi connectivity index (χ4n) is 1.81. The SMILES string of the molecule is COC(=O)c1ccc(-c2ccncc2)c(C(F)(F)F)c1. The number of pyridine rings is 1. The average Bonchev–Trinajstić information content (AvgIpc) is 2.46. The second kappa shape index (κ2) is 5.32. The van der Waals surface area contributed by atoms with Gasteiger partial charge in [0.2, 0.25) is 0 Å². The van der Waals surface area contributed by atoms with Crippen LogP contribution in [0.2, 0.25) is 0 Å². The lowest BCUT2D eigenvalue weighted by Gasteiger charge is -2.14. The van der Waals surface area contributed by atoms with Crippen LogP contribution in [0.3, 0.4) is 0 Å². The van der Waals surface area contributed by atoms with Crippen LogP contribution in [0.4, 0.5) is 13.2 Å². The molecule has 20 heavy (non-hydrogen) atoms. The van der Waals surface area contributed by atoms with E-state index in [-0.39, 0.29) is 11.1 Å². The molecule has 0 spiro atoms. The van der Waals surface area contributed by atoms with E-state index in [4.69, 9.17) is 0 Å². The number of nitrogens with zero attached hydrogens (tertiary/aromatic N) is 1. The number of carbonyl (C=O) groups excluding carboxylic acids is 1. The van der Waals surface area contributed by atoms with Crippen molar-refractivity contribution in [2.24, 2.45) is 0 Å². The van der Waals surface area contributed by atoms with Crippen molar-refractivity contribution in [2.45, 2.75) is 6.18 Å². The molecular formula is C14H10F3NO2. The number of carbonyl (C=O) groups is 1. The number of rotatable bonds is 2. The van der Waals surface area contributed by atoms with Crippen molar-refractivity contribution < 1.29 is 22.7 Å².